The van der Waals surface area contributed by atoms with Gasteiger partial charge in [-0.25, -0.2) is 8.78 Å². The summed E-state index contributed by atoms with van der Waals surface area (Å²) in [6, 6.07) is 7.12. The molecule has 0 unspecified atom stereocenters. The van der Waals surface area contributed by atoms with E-state index < -0.39 is 17.4 Å². The maximum absolute atomic E-state index is 13.8. The number of hydrogen-bond acceptors (Lipinski definition) is 1. The van der Waals surface area contributed by atoms with Crippen LogP contribution in [0.3, 0.4) is 0 Å². The summed E-state index contributed by atoms with van der Waals surface area (Å²) in [4.78, 5) is 12.3. The summed E-state index contributed by atoms with van der Waals surface area (Å²) in [6.07, 6.45) is 0. The molecular formula is C14H8BrF2IO. The summed E-state index contributed by atoms with van der Waals surface area (Å²) >= 11 is 5.30. The van der Waals surface area contributed by atoms with E-state index in [1.54, 1.807) is 12.1 Å². The number of halogens is 4. The zero-order chi connectivity index (χ0) is 14.2. The third-order valence-electron chi connectivity index (χ3n) is 2.67. The van der Waals surface area contributed by atoms with Crippen LogP contribution in [0.4, 0.5) is 8.78 Å². The van der Waals surface area contributed by atoms with Gasteiger partial charge in [0.25, 0.3) is 0 Å². The second-order valence-electron chi connectivity index (χ2n) is 4.03. The van der Waals surface area contributed by atoms with Crippen LogP contribution in [0.25, 0.3) is 0 Å². The van der Waals surface area contributed by atoms with Gasteiger partial charge in [0.15, 0.2) is 5.78 Å². The Morgan fingerprint density at radius 2 is 1.79 bits per heavy atom. The van der Waals surface area contributed by atoms with Gasteiger partial charge in [0.2, 0.25) is 0 Å². The second kappa shape index (κ2) is 5.66. The molecule has 2 aromatic carbocycles. The highest BCUT2D eigenvalue weighted by molar-refractivity contribution is 14.1. The maximum atomic E-state index is 13.8. The second-order valence-corrected chi connectivity index (χ2v) is 6.13. The molecule has 2 aromatic rings. The van der Waals surface area contributed by atoms with Gasteiger partial charge in [-0.3, -0.25) is 4.79 Å². The molecule has 19 heavy (non-hydrogen) atoms. The molecule has 0 aromatic heterocycles. The quantitative estimate of drug-likeness (QED) is 0.484. The van der Waals surface area contributed by atoms with Crippen molar-refractivity contribution in [1.82, 2.24) is 0 Å². The summed E-state index contributed by atoms with van der Waals surface area (Å²) in [5.41, 5.74) is 0.232. The highest BCUT2D eigenvalue weighted by Gasteiger charge is 2.18. The van der Waals surface area contributed by atoms with Gasteiger partial charge in [0.1, 0.15) is 11.6 Å². The lowest BCUT2D eigenvalue weighted by Gasteiger charge is -2.07. The van der Waals surface area contributed by atoms with E-state index in [2.05, 4.69) is 38.5 Å². The fraction of sp³-hybridized carbons (Fsp3) is 0.0714. The third-order valence-corrected chi connectivity index (χ3v) is 4.03. The fourth-order valence-corrected chi connectivity index (χ4v) is 2.55. The minimum absolute atomic E-state index is 0.177. The van der Waals surface area contributed by atoms with Crippen molar-refractivity contribution in [3.8, 4) is 0 Å². The molecule has 1 nitrogen and oxygen atoms in total. The zero-order valence-electron chi connectivity index (χ0n) is 9.81. The van der Waals surface area contributed by atoms with Crippen LogP contribution in [-0.2, 0) is 0 Å². The molecule has 0 aliphatic rings. The van der Waals surface area contributed by atoms with Gasteiger partial charge < -0.3 is 0 Å². The molecule has 0 aliphatic heterocycles. The van der Waals surface area contributed by atoms with Crippen LogP contribution in [0.15, 0.2) is 34.8 Å². The molecule has 2 rings (SSSR count). The maximum Gasteiger partial charge on any atom is 0.197 e. The minimum Gasteiger partial charge on any atom is -0.288 e. The summed E-state index contributed by atoms with van der Waals surface area (Å²) in [6.45, 7) is 1.45. The molecule has 98 valence electrons. The standard InChI is InChI=1S/C14H8BrF2IO/c1-7-4-13(17)10(6-12(7)16)14(19)9-5-8(18)2-3-11(9)15/h2-6H,1H3. The highest BCUT2D eigenvalue weighted by Crippen LogP contribution is 2.24. The van der Waals surface area contributed by atoms with Crippen LogP contribution in [0.5, 0.6) is 0 Å². The van der Waals surface area contributed by atoms with E-state index in [1.807, 2.05) is 6.07 Å². The number of rotatable bonds is 2. The lowest BCUT2D eigenvalue weighted by molar-refractivity contribution is 0.103. The normalized spacial score (nSPS) is 10.6. The van der Waals surface area contributed by atoms with Gasteiger partial charge >= 0.3 is 0 Å². The predicted octanol–water partition coefficient (Wildman–Crippen LogP) is 4.87. The molecule has 0 fully saturated rings. The first-order chi connectivity index (χ1) is 8.90. The van der Waals surface area contributed by atoms with Crippen LogP contribution in [0.1, 0.15) is 21.5 Å². The van der Waals surface area contributed by atoms with Crippen molar-refractivity contribution < 1.29 is 13.6 Å². The van der Waals surface area contributed by atoms with Crippen molar-refractivity contribution in [3.63, 3.8) is 0 Å². The van der Waals surface area contributed by atoms with Gasteiger partial charge in [0, 0.05) is 13.6 Å². The van der Waals surface area contributed by atoms with Crippen LogP contribution >= 0.6 is 38.5 Å². The molecule has 0 N–H and O–H groups in total. The Balaban J connectivity index is 2.56. The lowest BCUT2D eigenvalue weighted by atomic mass is 10.0. The van der Waals surface area contributed by atoms with Gasteiger partial charge in [-0.15, -0.1) is 0 Å². The Morgan fingerprint density at radius 3 is 2.47 bits per heavy atom. The molecule has 0 heterocycles. The summed E-state index contributed by atoms with van der Waals surface area (Å²) in [5, 5.41) is 0. The molecular weight excluding hydrogens is 429 g/mol. The van der Waals surface area contributed by atoms with Crippen LogP contribution in [-0.4, -0.2) is 5.78 Å². The molecule has 0 spiro atoms. The first-order valence-electron chi connectivity index (χ1n) is 5.35. The van der Waals surface area contributed by atoms with Crippen molar-refractivity contribution in [2.24, 2.45) is 0 Å². The van der Waals surface area contributed by atoms with Gasteiger partial charge in [-0.1, -0.05) is 15.9 Å². The molecule has 0 atom stereocenters. The number of carbonyl (C=O) groups excluding carboxylic acids is 1. The Labute approximate surface area is 131 Å². The first kappa shape index (κ1) is 14.6. The fourth-order valence-electron chi connectivity index (χ4n) is 1.64. The smallest absolute Gasteiger partial charge is 0.197 e. The molecule has 0 bridgehead atoms. The topological polar surface area (TPSA) is 17.1 Å². The molecule has 0 saturated heterocycles. The summed E-state index contributed by atoms with van der Waals surface area (Å²) < 4.78 is 28.7. The van der Waals surface area contributed by atoms with Crippen LogP contribution in [0, 0.1) is 22.1 Å². The monoisotopic (exact) mass is 436 g/mol. The molecule has 5 heteroatoms. The predicted molar refractivity (Wildman–Crippen MR) is 81.4 cm³/mol. The summed E-state index contributed by atoms with van der Waals surface area (Å²) in [7, 11) is 0. The van der Waals surface area contributed by atoms with Crippen molar-refractivity contribution >= 4 is 44.3 Å². The minimum atomic E-state index is -0.713. The zero-order valence-corrected chi connectivity index (χ0v) is 13.6. The summed E-state index contributed by atoms with van der Waals surface area (Å²) in [5.74, 6) is -1.84. The van der Waals surface area contributed by atoms with Gasteiger partial charge in [-0.05, 0) is 65.4 Å². The number of carbonyl (C=O) groups is 1. The highest BCUT2D eigenvalue weighted by atomic mass is 127. The van der Waals surface area contributed by atoms with Crippen LogP contribution in [0.2, 0.25) is 0 Å². The Morgan fingerprint density at radius 1 is 1.11 bits per heavy atom. The van der Waals surface area contributed by atoms with Crippen molar-refractivity contribution in [2.45, 2.75) is 6.92 Å². The van der Waals surface area contributed by atoms with E-state index in [0.717, 1.165) is 15.7 Å². The molecule has 0 aliphatic carbocycles. The Hall–Kier alpha value is -0.820. The molecule has 0 saturated carbocycles. The SMILES string of the molecule is Cc1cc(F)c(C(=O)c2cc(I)ccc2Br)cc1F. The number of hydrogen-bond donors (Lipinski definition) is 0. The number of aryl methyl sites for hydroxylation is 1. The Kier molecular flexibility index (Phi) is 4.35. The van der Waals surface area contributed by atoms with E-state index in [1.165, 1.54) is 6.92 Å². The number of benzene rings is 2. The van der Waals surface area contributed by atoms with Crippen molar-refractivity contribution in [1.29, 1.82) is 0 Å². The van der Waals surface area contributed by atoms with E-state index in [-0.39, 0.29) is 11.1 Å². The van der Waals surface area contributed by atoms with Crippen molar-refractivity contribution in [2.75, 3.05) is 0 Å². The van der Waals surface area contributed by atoms with E-state index in [4.69, 9.17) is 0 Å². The van der Waals surface area contributed by atoms with Gasteiger partial charge in [-0.2, -0.15) is 0 Å². The van der Waals surface area contributed by atoms with E-state index >= 15 is 0 Å². The van der Waals surface area contributed by atoms with Crippen molar-refractivity contribution in [3.05, 3.63) is 66.7 Å². The molecule has 0 radical (unpaired) electrons. The lowest BCUT2D eigenvalue weighted by Crippen LogP contribution is -2.07. The average molecular weight is 437 g/mol. The van der Waals surface area contributed by atoms with Crippen LogP contribution < -0.4 is 0 Å². The molecule has 0 amide bonds. The first-order valence-corrected chi connectivity index (χ1v) is 7.22. The van der Waals surface area contributed by atoms with Gasteiger partial charge in [0.05, 0.1) is 5.56 Å². The van der Waals surface area contributed by atoms with E-state index in [0.29, 0.717) is 10.0 Å². The third kappa shape index (κ3) is 3.02. The van der Waals surface area contributed by atoms with E-state index in [9.17, 15) is 13.6 Å². The average Bonchev–Trinajstić information content (AvgIpc) is 2.36. The largest absolute Gasteiger partial charge is 0.288 e. The number of ketones is 1. The Bertz CT molecular complexity index is 671.